The Bertz CT molecular complexity index is 486. The van der Waals surface area contributed by atoms with Crippen molar-refractivity contribution >= 4 is 5.97 Å². The number of carboxylic acids is 1. The highest BCUT2D eigenvalue weighted by Gasteiger charge is 2.41. The Balaban J connectivity index is 2.24. The van der Waals surface area contributed by atoms with Crippen molar-refractivity contribution < 1.29 is 19.4 Å². The largest absolute Gasteiger partial charge is 0.481 e. The third kappa shape index (κ3) is 2.78. The number of aryl methyl sites for hydroxylation is 1. The van der Waals surface area contributed by atoms with E-state index in [9.17, 15) is 19.4 Å². The predicted molar refractivity (Wildman–Crippen MR) is 69.1 cm³/mol. The molecule has 1 aliphatic carbocycles. The van der Waals surface area contributed by atoms with Gasteiger partial charge in [-0.15, -0.1) is 0 Å². The summed E-state index contributed by atoms with van der Waals surface area (Å²) in [5, 5.41) is 19.6. The number of carbonyl (C=O) groups is 1. The molecule has 0 aliphatic heterocycles. The Kier molecular flexibility index (Phi) is 3.90. The minimum Gasteiger partial charge on any atom is -0.481 e. The van der Waals surface area contributed by atoms with Crippen molar-refractivity contribution in [2.75, 3.05) is 0 Å². The molecule has 1 aromatic carbocycles. The van der Waals surface area contributed by atoms with Gasteiger partial charge in [-0.25, -0.2) is 4.39 Å². The fourth-order valence-corrected chi connectivity index (χ4v) is 3.07. The smallest absolute Gasteiger partial charge is 0.306 e. The Morgan fingerprint density at radius 1 is 1.42 bits per heavy atom. The molecule has 4 heteroatoms. The summed E-state index contributed by atoms with van der Waals surface area (Å²) in [6.07, 6.45) is 0.441. The van der Waals surface area contributed by atoms with Gasteiger partial charge >= 0.3 is 5.97 Å². The third-order valence-corrected chi connectivity index (χ3v) is 4.09. The van der Waals surface area contributed by atoms with Gasteiger partial charge in [0.05, 0.1) is 12.0 Å². The molecule has 4 unspecified atom stereocenters. The van der Waals surface area contributed by atoms with Gasteiger partial charge in [0, 0.05) is 5.92 Å². The van der Waals surface area contributed by atoms with E-state index in [0.29, 0.717) is 29.9 Å². The summed E-state index contributed by atoms with van der Waals surface area (Å²) in [6, 6.07) is 4.46. The molecule has 2 rings (SSSR count). The lowest BCUT2D eigenvalue weighted by Gasteiger charge is -2.23. The second-order valence-corrected chi connectivity index (χ2v) is 5.64. The summed E-state index contributed by atoms with van der Waals surface area (Å²) in [5.74, 6) is -1.69. The molecule has 19 heavy (non-hydrogen) atoms. The van der Waals surface area contributed by atoms with Crippen molar-refractivity contribution in [2.24, 2.45) is 17.8 Å². The summed E-state index contributed by atoms with van der Waals surface area (Å²) in [7, 11) is 0. The highest BCUT2D eigenvalue weighted by atomic mass is 19.1. The molecule has 0 radical (unpaired) electrons. The summed E-state index contributed by atoms with van der Waals surface area (Å²) >= 11 is 0. The maximum absolute atomic E-state index is 13.2. The molecule has 2 N–H and O–H groups in total. The quantitative estimate of drug-likeness (QED) is 0.884. The fraction of sp³-hybridized carbons (Fsp3) is 0.533. The van der Waals surface area contributed by atoms with Gasteiger partial charge in [-0.05, 0) is 42.9 Å². The number of hydrogen-bond donors (Lipinski definition) is 2. The number of carboxylic acid groups (broad SMARTS) is 1. The summed E-state index contributed by atoms with van der Waals surface area (Å²) in [4.78, 5) is 11.2. The second-order valence-electron chi connectivity index (χ2n) is 5.64. The SMILES string of the molecule is Cc1cc(C(O)C2CC(C)CC2C(=O)O)ccc1F. The first-order valence-corrected chi connectivity index (χ1v) is 6.57. The molecular weight excluding hydrogens is 247 g/mol. The minimum absolute atomic E-state index is 0.294. The monoisotopic (exact) mass is 266 g/mol. The van der Waals surface area contributed by atoms with Crippen LogP contribution in [-0.4, -0.2) is 16.2 Å². The lowest BCUT2D eigenvalue weighted by molar-refractivity contribution is -0.144. The van der Waals surface area contributed by atoms with Crippen LogP contribution in [0.25, 0.3) is 0 Å². The number of halogens is 1. The van der Waals surface area contributed by atoms with E-state index in [1.54, 1.807) is 13.0 Å². The zero-order valence-corrected chi connectivity index (χ0v) is 11.1. The Labute approximate surface area is 112 Å². The topological polar surface area (TPSA) is 57.5 Å². The molecule has 0 aromatic heterocycles. The first-order chi connectivity index (χ1) is 8.90. The van der Waals surface area contributed by atoms with Crippen LogP contribution < -0.4 is 0 Å². The van der Waals surface area contributed by atoms with Gasteiger partial charge < -0.3 is 10.2 Å². The van der Waals surface area contributed by atoms with E-state index in [2.05, 4.69) is 0 Å². The molecule has 0 bridgehead atoms. The van der Waals surface area contributed by atoms with Gasteiger partial charge in [0.1, 0.15) is 5.82 Å². The van der Waals surface area contributed by atoms with E-state index in [0.717, 1.165) is 0 Å². The standard InChI is InChI=1S/C15H19FO3/c1-8-5-11(12(6-8)15(18)19)14(17)10-3-4-13(16)9(2)7-10/h3-4,7-8,11-12,14,17H,5-6H2,1-2H3,(H,18,19). The maximum atomic E-state index is 13.2. The van der Waals surface area contributed by atoms with Crippen LogP contribution in [0.1, 0.15) is 37.0 Å². The van der Waals surface area contributed by atoms with Crippen LogP contribution >= 0.6 is 0 Å². The van der Waals surface area contributed by atoms with Gasteiger partial charge in [0.25, 0.3) is 0 Å². The Morgan fingerprint density at radius 3 is 2.68 bits per heavy atom. The van der Waals surface area contributed by atoms with E-state index in [-0.39, 0.29) is 11.7 Å². The molecule has 0 heterocycles. The lowest BCUT2D eigenvalue weighted by Crippen LogP contribution is -2.24. The predicted octanol–water partition coefficient (Wildman–Crippen LogP) is 2.91. The number of benzene rings is 1. The van der Waals surface area contributed by atoms with Crippen molar-refractivity contribution in [3.8, 4) is 0 Å². The average Bonchev–Trinajstić information content (AvgIpc) is 2.74. The molecule has 0 amide bonds. The Hall–Kier alpha value is -1.42. The van der Waals surface area contributed by atoms with Crippen molar-refractivity contribution in [3.05, 3.63) is 35.1 Å². The van der Waals surface area contributed by atoms with Gasteiger partial charge in [-0.3, -0.25) is 4.79 Å². The molecule has 4 atom stereocenters. The molecule has 1 aromatic rings. The molecule has 104 valence electrons. The van der Waals surface area contributed by atoms with Crippen molar-refractivity contribution in [1.82, 2.24) is 0 Å². The zero-order chi connectivity index (χ0) is 14.2. The van der Waals surface area contributed by atoms with Crippen LogP contribution in [0, 0.1) is 30.5 Å². The average molecular weight is 266 g/mol. The van der Waals surface area contributed by atoms with Crippen molar-refractivity contribution in [2.45, 2.75) is 32.8 Å². The van der Waals surface area contributed by atoms with Crippen molar-refractivity contribution in [1.29, 1.82) is 0 Å². The molecule has 3 nitrogen and oxygen atoms in total. The van der Waals surface area contributed by atoms with Gasteiger partial charge in [0.15, 0.2) is 0 Å². The number of aliphatic hydroxyl groups is 1. The summed E-state index contributed by atoms with van der Waals surface area (Å²) in [6.45, 7) is 3.63. The summed E-state index contributed by atoms with van der Waals surface area (Å²) in [5.41, 5.74) is 1.07. The minimum atomic E-state index is -0.854. The number of hydrogen-bond acceptors (Lipinski definition) is 2. The highest BCUT2D eigenvalue weighted by molar-refractivity contribution is 5.71. The first-order valence-electron chi connectivity index (χ1n) is 6.57. The third-order valence-electron chi connectivity index (χ3n) is 4.09. The summed E-state index contributed by atoms with van der Waals surface area (Å²) < 4.78 is 13.2. The number of aliphatic carboxylic acids is 1. The fourth-order valence-electron chi connectivity index (χ4n) is 3.07. The van der Waals surface area contributed by atoms with E-state index in [1.807, 2.05) is 6.92 Å². The first kappa shape index (κ1) is 14.0. The molecule has 0 spiro atoms. The van der Waals surface area contributed by atoms with Gasteiger partial charge in [-0.1, -0.05) is 19.1 Å². The second kappa shape index (κ2) is 5.29. The van der Waals surface area contributed by atoms with E-state index in [1.165, 1.54) is 12.1 Å². The highest BCUT2D eigenvalue weighted by Crippen LogP contribution is 2.43. The van der Waals surface area contributed by atoms with E-state index < -0.39 is 18.0 Å². The zero-order valence-electron chi connectivity index (χ0n) is 11.1. The number of rotatable bonds is 3. The lowest BCUT2D eigenvalue weighted by atomic mass is 9.86. The van der Waals surface area contributed by atoms with Crippen LogP contribution in [0.4, 0.5) is 4.39 Å². The van der Waals surface area contributed by atoms with Gasteiger partial charge in [-0.2, -0.15) is 0 Å². The molecular formula is C15H19FO3. The Morgan fingerprint density at radius 2 is 2.11 bits per heavy atom. The number of aliphatic hydroxyl groups excluding tert-OH is 1. The maximum Gasteiger partial charge on any atom is 0.306 e. The van der Waals surface area contributed by atoms with E-state index in [4.69, 9.17) is 0 Å². The molecule has 1 fully saturated rings. The normalized spacial score (nSPS) is 28.3. The van der Waals surface area contributed by atoms with Crippen LogP contribution in [0.15, 0.2) is 18.2 Å². The van der Waals surface area contributed by atoms with Crippen LogP contribution in [0.3, 0.4) is 0 Å². The van der Waals surface area contributed by atoms with Crippen LogP contribution in [0.5, 0.6) is 0 Å². The molecule has 0 saturated heterocycles. The van der Waals surface area contributed by atoms with E-state index >= 15 is 0 Å². The molecule has 1 aliphatic rings. The molecule has 1 saturated carbocycles. The van der Waals surface area contributed by atoms with Crippen LogP contribution in [0.2, 0.25) is 0 Å². The van der Waals surface area contributed by atoms with Gasteiger partial charge in [0.2, 0.25) is 0 Å². The van der Waals surface area contributed by atoms with Crippen molar-refractivity contribution in [3.63, 3.8) is 0 Å². The van der Waals surface area contributed by atoms with Crippen LogP contribution in [-0.2, 0) is 4.79 Å².